The number of nitriles is 1. The number of ether oxygens (including phenoxy) is 2. The van der Waals surface area contributed by atoms with Crippen molar-refractivity contribution in [1.29, 1.82) is 5.26 Å². The monoisotopic (exact) mass is 299 g/mol. The minimum atomic E-state index is -0.400. The van der Waals surface area contributed by atoms with Crippen LogP contribution in [0.5, 0.6) is 0 Å². The summed E-state index contributed by atoms with van der Waals surface area (Å²) in [6, 6.07) is 2.80. The lowest BCUT2D eigenvalue weighted by molar-refractivity contribution is 0.111. The van der Waals surface area contributed by atoms with Crippen LogP contribution in [0.25, 0.3) is 0 Å². The molecule has 21 heavy (non-hydrogen) atoms. The second-order valence-electron chi connectivity index (χ2n) is 5.78. The Bertz CT molecular complexity index is 284. The Morgan fingerprint density at radius 2 is 1.71 bits per heavy atom. The predicted octanol–water partition coefficient (Wildman–Crippen LogP) is 2.03. The van der Waals surface area contributed by atoms with E-state index in [1.807, 2.05) is 0 Å². The topological polar surface area (TPSA) is 57.5 Å². The van der Waals surface area contributed by atoms with Gasteiger partial charge in [0, 0.05) is 33.4 Å². The van der Waals surface area contributed by atoms with E-state index in [-0.39, 0.29) is 0 Å². The fourth-order valence-corrected chi connectivity index (χ4v) is 2.45. The van der Waals surface area contributed by atoms with E-state index < -0.39 is 5.54 Å². The second-order valence-corrected chi connectivity index (χ2v) is 5.78. The number of methoxy groups -OCH3 is 2. The van der Waals surface area contributed by atoms with Crippen LogP contribution in [0.2, 0.25) is 0 Å². The van der Waals surface area contributed by atoms with Gasteiger partial charge in [0.05, 0.1) is 19.3 Å². The fraction of sp³-hybridized carbons (Fsp3) is 0.938. The van der Waals surface area contributed by atoms with E-state index >= 15 is 0 Å². The van der Waals surface area contributed by atoms with Crippen LogP contribution < -0.4 is 5.32 Å². The average Bonchev–Trinajstić information content (AvgIpc) is 2.47. The third-order valence-electron chi connectivity index (χ3n) is 3.68. The van der Waals surface area contributed by atoms with Gasteiger partial charge < -0.3 is 9.47 Å². The molecule has 0 aliphatic rings. The van der Waals surface area contributed by atoms with E-state index in [4.69, 9.17) is 9.47 Å². The fourth-order valence-electron chi connectivity index (χ4n) is 2.45. The summed E-state index contributed by atoms with van der Waals surface area (Å²) >= 11 is 0. The van der Waals surface area contributed by atoms with E-state index in [0.717, 1.165) is 52.1 Å². The van der Waals surface area contributed by atoms with Crippen molar-refractivity contribution in [3.05, 3.63) is 0 Å². The van der Waals surface area contributed by atoms with Crippen molar-refractivity contribution >= 4 is 0 Å². The highest BCUT2D eigenvalue weighted by Crippen LogP contribution is 2.18. The van der Waals surface area contributed by atoms with Crippen LogP contribution in [-0.4, -0.2) is 63.5 Å². The standard InChI is InChI=1S/C16H33N3O2/c1-6-16(14-17,18-15(2)3)8-7-9-19(10-12-20-4)11-13-21-5/h15,18H,6-13H2,1-5H3. The van der Waals surface area contributed by atoms with Crippen LogP contribution in [0.4, 0.5) is 0 Å². The van der Waals surface area contributed by atoms with Gasteiger partial charge in [-0.15, -0.1) is 0 Å². The summed E-state index contributed by atoms with van der Waals surface area (Å²) in [6.45, 7) is 10.5. The van der Waals surface area contributed by atoms with Crippen molar-refractivity contribution in [2.75, 3.05) is 47.1 Å². The quantitative estimate of drug-likeness (QED) is 0.564. The minimum absolute atomic E-state index is 0.322. The summed E-state index contributed by atoms with van der Waals surface area (Å²) in [6.07, 6.45) is 2.70. The minimum Gasteiger partial charge on any atom is -0.383 e. The molecule has 5 heteroatoms. The Hall–Kier alpha value is -0.670. The van der Waals surface area contributed by atoms with Crippen molar-refractivity contribution in [1.82, 2.24) is 10.2 Å². The highest BCUT2D eigenvalue weighted by Gasteiger charge is 2.27. The van der Waals surface area contributed by atoms with Gasteiger partial charge in [-0.25, -0.2) is 0 Å². The van der Waals surface area contributed by atoms with Crippen LogP contribution in [0, 0.1) is 11.3 Å². The van der Waals surface area contributed by atoms with Crippen molar-refractivity contribution in [3.63, 3.8) is 0 Å². The summed E-state index contributed by atoms with van der Waals surface area (Å²) in [7, 11) is 3.44. The molecule has 0 bridgehead atoms. The summed E-state index contributed by atoms with van der Waals surface area (Å²) in [5.41, 5.74) is -0.400. The summed E-state index contributed by atoms with van der Waals surface area (Å²) < 4.78 is 10.3. The first-order valence-corrected chi connectivity index (χ1v) is 7.92. The molecule has 0 aromatic heterocycles. The molecule has 0 aromatic rings. The molecule has 1 atom stereocenters. The smallest absolute Gasteiger partial charge is 0.106 e. The molecule has 1 unspecified atom stereocenters. The van der Waals surface area contributed by atoms with Gasteiger partial charge in [-0.05, 0) is 39.7 Å². The van der Waals surface area contributed by atoms with E-state index in [2.05, 4.69) is 37.1 Å². The molecule has 0 saturated carbocycles. The van der Waals surface area contributed by atoms with Gasteiger partial charge in [0.25, 0.3) is 0 Å². The zero-order valence-electron chi connectivity index (χ0n) is 14.4. The molecule has 5 nitrogen and oxygen atoms in total. The van der Waals surface area contributed by atoms with E-state index in [1.54, 1.807) is 14.2 Å². The molecule has 0 radical (unpaired) electrons. The molecular weight excluding hydrogens is 266 g/mol. The maximum Gasteiger partial charge on any atom is 0.106 e. The van der Waals surface area contributed by atoms with Crippen LogP contribution in [-0.2, 0) is 9.47 Å². The van der Waals surface area contributed by atoms with Crippen molar-refractivity contribution in [3.8, 4) is 6.07 Å². The SMILES string of the molecule is CCC(C#N)(CCCN(CCOC)CCOC)NC(C)C. The van der Waals surface area contributed by atoms with Crippen molar-refractivity contribution in [2.24, 2.45) is 0 Å². The zero-order valence-corrected chi connectivity index (χ0v) is 14.4. The Balaban J connectivity index is 4.32. The van der Waals surface area contributed by atoms with Crippen molar-refractivity contribution in [2.45, 2.75) is 51.6 Å². The van der Waals surface area contributed by atoms with Gasteiger partial charge >= 0.3 is 0 Å². The van der Waals surface area contributed by atoms with Gasteiger partial charge in [-0.1, -0.05) is 6.92 Å². The molecule has 0 heterocycles. The normalized spacial score (nSPS) is 14.4. The lowest BCUT2D eigenvalue weighted by Gasteiger charge is -2.30. The van der Waals surface area contributed by atoms with Gasteiger partial charge in [0.2, 0.25) is 0 Å². The number of hydrogen-bond acceptors (Lipinski definition) is 5. The lowest BCUT2D eigenvalue weighted by Crippen LogP contribution is -2.47. The summed E-state index contributed by atoms with van der Waals surface area (Å²) in [5, 5.41) is 12.9. The second kappa shape index (κ2) is 11.9. The predicted molar refractivity (Wildman–Crippen MR) is 86.3 cm³/mol. The molecule has 0 aromatic carbocycles. The third-order valence-corrected chi connectivity index (χ3v) is 3.68. The number of rotatable bonds is 13. The molecule has 0 rings (SSSR count). The first-order chi connectivity index (χ1) is 10.0. The summed E-state index contributed by atoms with van der Waals surface area (Å²) in [5.74, 6) is 0. The van der Waals surface area contributed by atoms with E-state index in [1.165, 1.54) is 0 Å². The Kier molecular flexibility index (Phi) is 11.6. The summed E-state index contributed by atoms with van der Waals surface area (Å²) in [4.78, 5) is 2.33. The van der Waals surface area contributed by atoms with Gasteiger partial charge in [-0.3, -0.25) is 10.2 Å². The highest BCUT2D eigenvalue weighted by atomic mass is 16.5. The molecule has 0 amide bonds. The van der Waals surface area contributed by atoms with Gasteiger partial charge in [0.1, 0.15) is 5.54 Å². The number of nitrogens with zero attached hydrogens (tertiary/aromatic N) is 2. The average molecular weight is 299 g/mol. The van der Waals surface area contributed by atoms with Crippen LogP contribution in [0.3, 0.4) is 0 Å². The molecule has 0 aliphatic heterocycles. The molecule has 0 saturated heterocycles. The highest BCUT2D eigenvalue weighted by molar-refractivity contribution is 5.06. The number of nitrogens with one attached hydrogen (secondary N) is 1. The largest absolute Gasteiger partial charge is 0.383 e. The van der Waals surface area contributed by atoms with Crippen LogP contribution in [0.1, 0.15) is 40.0 Å². The van der Waals surface area contributed by atoms with Crippen molar-refractivity contribution < 1.29 is 9.47 Å². The molecule has 0 fully saturated rings. The van der Waals surface area contributed by atoms with Crippen LogP contribution in [0.15, 0.2) is 0 Å². The van der Waals surface area contributed by atoms with Gasteiger partial charge in [0.15, 0.2) is 0 Å². The third kappa shape index (κ3) is 9.05. The number of hydrogen-bond donors (Lipinski definition) is 1. The zero-order chi connectivity index (χ0) is 16.1. The van der Waals surface area contributed by atoms with E-state index in [9.17, 15) is 5.26 Å². The first-order valence-electron chi connectivity index (χ1n) is 7.92. The maximum atomic E-state index is 9.51. The molecule has 1 N–H and O–H groups in total. The lowest BCUT2D eigenvalue weighted by atomic mass is 9.91. The van der Waals surface area contributed by atoms with Crippen LogP contribution >= 0.6 is 0 Å². The molecular formula is C16H33N3O2. The first kappa shape index (κ1) is 20.3. The Morgan fingerprint density at radius 1 is 1.14 bits per heavy atom. The van der Waals surface area contributed by atoms with Gasteiger partial charge in [-0.2, -0.15) is 5.26 Å². The maximum absolute atomic E-state index is 9.51. The molecule has 124 valence electrons. The Morgan fingerprint density at radius 3 is 2.10 bits per heavy atom. The van der Waals surface area contributed by atoms with E-state index in [0.29, 0.717) is 6.04 Å². The molecule has 0 aliphatic carbocycles. The molecule has 0 spiro atoms. The Labute approximate surface area is 130 Å².